The molecule has 0 saturated carbocycles. The van der Waals surface area contributed by atoms with Crippen LogP contribution in [0.1, 0.15) is 32.4 Å². The number of carbonyl (C=O) groups is 2. The van der Waals surface area contributed by atoms with Gasteiger partial charge in [0.2, 0.25) is 0 Å². The van der Waals surface area contributed by atoms with Crippen LogP contribution in [-0.2, 0) is 6.54 Å². The third kappa shape index (κ3) is 2.20. The van der Waals surface area contributed by atoms with Crippen molar-refractivity contribution in [2.45, 2.75) is 13.5 Å². The zero-order chi connectivity index (χ0) is 16.7. The van der Waals surface area contributed by atoms with E-state index in [1.807, 2.05) is 30.3 Å². The van der Waals surface area contributed by atoms with Crippen molar-refractivity contribution >= 4 is 11.8 Å². The first-order valence-electron chi connectivity index (χ1n) is 7.58. The monoisotopic (exact) mass is 318 g/mol. The summed E-state index contributed by atoms with van der Waals surface area (Å²) in [5.74, 6) is 0.547. The Morgan fingerprint density at radius 3 is 2.08 bits per heavy atom. The van der Waals surface area contributed by atoms with Crippen molar-refractivity contribution in [1.82, 2.24) is 19.7 Å². The Morgan fingerprint density at radius 1 is 0.875 bits per heavy atom. The number of benzene rings is 2. The summed E-state index contributed by atoms with van der Waals surface area (Å²) < 4.78 is 1.67. The van der Waals surface area contributed by atoms with Crippen molar-refractivity contribution in [3.63, 3.8) is 0 Å². The maximum Gasteiger partial charge on any atom is 0.261 e. The molecule has 24 heavy (non-hydrogen) atoms. The van der Waals surface area contributed by atoms with Gasteiger partial charge in [-0.1, -0.05) is 30.3 Å². The first kappa shape index (κ1) is 14.3. The van der Waals surface area contributed by atoms with Gasteiger partial charge >= 0.3 is 0 Å². The molecular formula is C18H14N4O2. The summed E-state index contributed by atoms with van der Waals surface area (Å²) >= 11 is 0. The molecule has 1 aromatic heterocycles. The Labute approximate surface area is 138 Å². The molecule has 0 atom stereocenters. The molecule has 4 rings (SSSR count). The van der Waals surface area contributed by atoms with Gasteiger partial charge in [0.25, 0.3) is 11.8 Å². The standard InChI is InChI=1S/C18H14N4O2/c1-12-19-16(22(20-12)13-7-3-2-4-8-13)11-21-17(23)14-9-5-6-10-15(14)18(21)24/h2-10H,11H2,1H3. The number of aromatic nitrogens is 3. The van der Waals surface area contributed by atoms with Crippen LogP contribution in [0.15, 0.2) is 54.6 Å². The van der Waals surface area contributed by atoms with E-state index in [0.717, 1.165) is 5.69 Å². The second-order valence-electron chi connectivity index (χ2n) is 5.56. The van der Waals surface area contributed by atoms with Crippen molar-refractivity contribution in [1.29, 1.82) is 0 Å². The van der Waals surface area contributed by atoms with E-state index < -0.39 is 0 Å². The number of fused-ring (bicyclic) bond motifs is 1. The average Bonchev–Trinajstić information content (AvgIpc) is 3.09. The normalized spacial score (nSPS) is 13.5. The van der Waals surface area contributed by atoms with Gasteiger partial charge in [0.15, 0.2) is 5.82 Å². The molecule has 6 heteroatoms. The van der Waals surface area contributed by atoms with E-state index in [1.165, 1.54) is 4.90 Å². The SMILES string of the molecule is Cc1nc(CN2C(=O)c3ccccc3C2=O)n(-c2ccccc2)n1. The summed E-state index contributed by atoms with van der Waals surface area (Å²) in [5, 5.41) is 4.38. The van der Waals surface area contributed by atoms with Crippen LogP contribution in [0.2, 0.25) is 0 Å². The van der Waals surface area contributed by atoms with Crippen LogP contribution in [0, 0.1) is 6.92 Å². The predicted octanol–water partition coefficient (Wildman–Crippen LogP) is 2.37. The van der Waals surface area contributed by atoms with Crippen LogP contribution in [0.4, 0.5) is 0 Å². The number of imide groups is 1. The Bertz CT molecular complexity index is 912. The molecule has 1 aliphatic rings. The number of hydrogen-bond acceptors (Lipinski definition) is 4. The number of carbonyl (C=O) groups excluding carboxylic acids is 2. The lowest BCUT2D eigenvalue weighted by molar-refractivity contribution is 0.0637. The van der Waals surface area contributed by atoms with E-state index in [-0.39, 0.29) is 18.4 Å². The quantitative estimate of drug-likeness (QED) is 0.695. The first-order valence-corrected chi connectivity index (χ1v) is 7.58. The second kappa shape index (κ2) is 5.42. The van der Waals surface area contributed by atoms with Crippen molar-refractivity contribution in [3.05, 3.63) is 77.4 Å². The molecule has 118 valence electrons. The minimum absolute atomic E-state index is 0.0854. The highest BCUT2D eigenvalue weighted by Crippen LogP contribution is 2.24. The number of amides is 2. The van der Waals surface area contributed by atoms with Crippen molar-refractivity contribution in [2.24, 2.45) is 0 Å². The maximum absolute atomic E-state index is 12.5. The molecule has 0 saturated heterocycles. The fraction of sp³-hybridized carbons (Fsp3) is 0.111. The maximum atomic E-state index is 12.5. The third-order valence-electron chi connectivity index (χ3n) is 3.96. The molecule has 6 nitrogen and oxygen atoms in total. The van der Waals surface area contributed by atoms with Gasteiger partial charge in [-0.2, -0.15) is 5.10 Å². The molecule has 0 bridgehead atoms. The Balaban J connectivity index is 1.71. The van der Waals surface area contributed by atoms with Crippen LogP contribution in [0.3, 0.4) is 0 Å². The molecule has 2 heterocycles. The minimum atomic E-state index is -0.295. The van der Waals surface area contributed by atoms with Crippen molar-refractivity contribution in [2.75, 3.05) is 0 Å². The van der Waals surface area contributed by atoms with Gasteiger partial charge in [-0.3, -0.25) is 14.5 Å². The molecule has 0 spiro atoms. The molecule has 0 unspecified atom stereocenters. The summed E-state index contributed by atoms with van der Waals surface area (Å²) in [6.07, 6.45) is 0. The highest BCUT2D eigenvalue weighted by molar-refractivity contribution is 6.21. The number of nitrogens with zero attached hydrogens (tertiary/aromatic N) is 4. The third-order valence-corrected chi connectivity index (χ3v) is 3.96. The topological polar surface area (TPSA) is 68.1 Å². The van der Waals surface area contributed by atoms with E-state index in [0.29, 0.717) is 22.8 Å². The highest BCUT2D eigenvalue weighted by atomic mass is 16.2. The van der Waals surface area contributed by atoms with E-state index in [1.54, 1.807) is 35.9 Å². The van der Waals surface area contributed by atoms with Gasteiger partial charge < -0.3 is 0 Å². The number of para-hydroxylation sites is 1. The molecule has 0 radical (unpaired) electrons. The largest absolute Gasteiger partial charge is 0.269 e. The number of aryl methyl sites for hydroxylation is 1. The lowest BCUT2D eigenvalue weighted by Gasteiger charge is -2.14. The van der Waals surface area contributed by atoms with Gasteiger partial charge in [0.1, 0.15) is 5.82 Å². The summed E-state index contributed by atoms with van der Waals surface area (Å²) in [6.45, 7) is 1.87. The van der Waals surface area contributed by atoms with Gasteiger partial charge in [-0.15, -0.1) is 0 Å². The molecule has 1 aliphatic heterocycles. The molecule has 2 aromatic carbocycles. The van der Waals surface area contributed by atoms with E-state index in [4.69, 9.17) is 0 Å². The zero-order valence-electron chi connectivity index (χ0n) is 13.0. The average molecular weight is 318 g/mol. The van der Waals surface area contributed by atoms with E-state index in [9.17, 15) is 9.59 Å². The molecule has 2 amide bonds. The summed E-state index contributed by atoms with van der Waals surface area (Å²) in [6, 6.07) is 16.4. The summed E-state index contributed by atoms with van der Waals surface area (Å²) in [5.41, 5.74) is 1.71. The predicted molar refractivity (Wildman–Crippen MR) is 86.7 cm³/mol. The lowest BCUT2D eigenvalue weighted by atomic mass is 10.1. The van der Waals surface area contributed by atoms with E-state index >= 15 is 0 Å². The van der Waals surface area contributed by atoms with E-state index in [2.05, 4.69) is 10.1 Å². The van der Waals surface area contributed by atoms with Crippen molar-refractivity contribution in [3.8, 4) is 5.69 Å². The Kier molecular flexibility index (Phi) is 3.23. The van der Waals surface area contributed by atoms with Gasteiger partial charge in [-0.25, -0.2) is 9.67 Å². The molecule has 0 aliphatic carbocycles. The molecule has 0 fully saturated rings. The zero-order valence-corrected chi connectivity index (χ0v) is 13.0. The number of rotatable bonds is 3. The first-order chi connectivity index (χ1) is 11.6. The Morgan fingerprint density at radius 2 is 1.46 bits per heavy atom. The fourth-order valence-corrected chi connectivity index (χ4v) is 2.86. The Hall–Kier alpha value is -3.28. The van der Waals surface area contributed by atoms with Crippen LogP contribution >= 0.6 is 0 Å². The fourth-order valence-electron chi connectivity index (χ4n) is 2.86. The molecule has 0 N–H and O–H groups in total. The smallest absolute Gasteiger partial charge is 0.261 e. The highest BCUT2D eigenvalue weighted by Gasteiger charge is 2.36. The lowest BCUT2D eigenvalue weighted by Crippen LogP contribution is -2.30. The number of hydrogen-bond donors (Lipinski definition) is 0. The molecular weight excluding hydrogens is 304 g/mol. The van der Waals surface area contributed by atoms with Crippen molar-refractivity contribution < 1.29 is 9.59 Å². The second-order valence-corrected chi connectivity index (χ2v) is 5.56. The van der Waals surface area contributed by atoms with Crippen LogP contribution < -0.4 is 0 Å². The van der Waals surface area contributed by atoms with Crippen LogP contribution in [0.5, 0.6) is 0 Å². The molecule has 3 aromatic rings. The van der Waals surface area contributed by atoms with Crippen LogP contribution in [-0.4, -0.2) is 31.5 Å². The van der Waals surface area contributed by atoms with Gasteiger partial charge in [0.05, 0.1) is 23.4 Å². The summed E-state index contributed by atoms with van der Waals surface area (Å²) in [7, 11) is 0. The van der Waals surface area contributed by atoms with Gasteiger partial charge in [0, 0.05) is 0 Å². The summed E-state index contributed by atoms with van der Waals surface area (Å²) in [4.78, 5) is 30.6. The van der Waals surface area contributed by atoms with Gasteiger partial charge in [-0.05, 0) is 31.2 Å². The minimum Gasteiger partial charge on any atom is -0.269 e. The van der Waals surface area contributed by atoms with Crippen LogP contribution in [0.25, 0.3) is 5.69 Å².